The molecule has 3 aromatic carbocycles. The van der Waals surface area contributed by atoms with E-state index in [0.29, 0.717) is 36.5 Å². The second-order valence-corrected chi connectivity index (χ2v) is 17.0. The number of carbonyl (C=O) groups excluding carboxylic acids is 3. The van der Waals surface area contributed by atoms with Crippen molar-refractivity contribution >= 4 is 52.1 Å². The number of amides is 2. The smallest absolute Gasteiger partial charge is 0.352 e. The summed E-state index contributed by atoms with van der Waals surface area (Å²) in [6.07, 6.45) is 7.85. The molecule has 5 N–H and O–H groups in total. The summed E-state index contributed by atoms with van der Waals surface area (Å²) < 4.78 is 0. The van der Waals surface area contributed by atoms with Crippen molar-refractivity contribution in [2.75, 3.05) is 19.3 Å². The van der Waals surface area contributed by atoms with Crippen LogP contribution < -0.4 is 16.0 Å². The zero-order valence-corrected chi connectivity index (χ0v) is 37.1. The summed E-state index contributed by atoms with van der Waals surface area (Å²) in [4.78, 5) is 64.2. The number of allylic oxidation sites excluding steroid dienone is 3. The largest absolute Gasteiger partial charge is 0.478 e. The number of fused-ring (bicyclic) bond motifs is 1. The molecule has 2 saturated heterocycles. The van der Waals surface area contributed by atoms with Gasteiger partial charge in [0.25, 0.3) is 5.91 Å². The van der Waals surface area contributed by atoms with Crippen molar-refractivity contribution < 1.29 is 34.2 Å². The number of Topliss-reactive ketones (excluding diaryl/α,β-unsaturated/α-hetero) is 1. The third kappa shape index (κ3) is 12.6. The molecule has 324 valence electrons. The summed E-state index contributed by atoms with van der Waals surface area (Å²) in [5.74, 6) is -1.48. The fourth-order valence-corrected chi connectivity index (χ4v) is 8.67. The molecule has 0 aliphatic carbocycles. The van der Waals surface area contributed by atoms with E-state index < -0.39 is 29.9 Å². The highest BCUT2D eigenvalue weighted by Crippen LogP contribution is 2.34. The molecule has 2 fully saturated rings. The van der Waals surface area contributed by atoms with Crippen molar-refractivity contribution in [3.63, 3.8) is 0 Å². The van der Waals surface area contributed by atoms with Gasteiger partial charge in [0.05, 0.1) is 17.4 Å². The van der Waals surface area contributed by atoms with Gasteiger partial charge in [0.2, 0.25) is 5.91 Å². The Labute approximate surface area is 359 Å². The van der Waals surface area contributed by atoms with E-state index in [-0.39, 0.29) is 28.7 Å². The number of benzene rings is 3. The topological polar surface area (TPSA) is 165 Å². The van der Waals surface area contributed by atoms with Crippen LogP contribution in [0, 0.1) is 11.8 Å². The maximum absolute atomic E-state index is 13.4. The molecule has 0 radical (unpaired) electrons. The van der Waals surface area contributed by atoms with Crippen LogP contribution >= 0.6 is 11.8 Å². The molecule has 0 bridgehead atoms. The molecule has 5 rings (SSSR count). The van der Waals surface area contributed by atoms with E-state index in [2.05, 4.69) is 54.1 Å². The van der Waals surface area contributed by atoms with Gasteiger partial charge in [-0.2, -0.15) is 0 Å². The van der Waals surface area contributed by atoms with Crippen molar-refractivity contribution in [2.24, 2.45) is 11.8 Å². The van der Waals surface area contributed by atoms with Gasteiger partial charge in [0, 0.05) is 17.5 Å². The van der Waals surface area contributed by atoms with Crippen LogP contribution in [0.25, 0.3) is 10.8 Å². The Morgan fingerprint density at radius 2 is 1.67 bits per heavy atom. The number of likely N-dealkylation sites (tertiary alicyclic amines) is 1. The number of nitrogens with one attached hydrogen (secondary N) is 3. The molecule has 2 aliphatic rings. The Morgan fingerprint density at radius 3 is 2.27 bits per heavy atom. The first kappa shape index (κ1) is 47.9. The summed E-state index contributed by atoms with van der Waals surface area (Å²) in [6, 6.07) is 18.6. The van der Waals surface area contributed by atoms with E-state index in [1.165, 1.54) is 60.2 Å². The van der Waals surface area contributed by atoms with Crippen molar-refractivity contribution in [1.29, 1.82) is 0 Å². The number of carboxylic acids is 2. The molecule has 11 nitrogen and oxygen atoms in total. The quantitative estimate of drug-likeness (QED) is 0.0322. The van der Waals surface area contributed by atoms with E-state index in [1.54, 1.807) is 31.2 Å². The Balaban J connectivity index is 0.000000365. The summed E-state index contributed by atoms with van der Waals surface area (Å²) in [7, 11) is 1.99. The second kappa shape index (κ2) is 23.3. The molecule has 0 saturated carbocycles. The number of ketones is 1. The van der Waals surface area contributed by atoms with Gasteiger partial charge in [-0.3, -0.25) is 19.3 Å². The number of aliphatic carboxylic acids is 1. The monoisotopic (exact) mass is 840 g/mol. The number of unbranched alkanes of at least 4 members (excludes halogenated alkanes) is 1. The number of nitrogens with zero attached hydrogens (tertiary/aromatic N) is 1. The lowest BCUT2D eigenvalue weighted by Crippen LogP contribution is -2.70. The Bertz CT molecular complexity index is 2050. The zero-order valence-electron chi connectivity index (χ0n) is 36.3. The minimum absolute atomic E-state index is 0.0482. The van der Waals surface area contributed by atoms with Gasteiger partial charge >= 0.3 is 11.9 Å². The first-order chi connectivity index (χ1) is 28.8. The van der Waals surface area contributed by atoms with Crippen LogP contribution in [0.1, 0.15) is 120 Å². The lowest BCUT2D eigenvalue weighted by atomic mass is 9.88. The minimum atomic E-state index is -1.25. The average molecular weight is 841 g/mol. The van der Waals surface area contributed by atoms with Crippen molar-refractivity contribution in [3.05, 3.63) is 100 Å². The molecule has 12 heteroatoms. The Morgan fingerprint density at radius 1 is 0.967 bits per heavy atom. The maximum Gasteiger partial charge on any atom is 0.352 e. The summed E-state index contributed by atoms with van der Waals surface area (Å²) in [5, 5.41) is 30.6. The van der Waals surface area contributed by atoms with Gasteiger partial charge in [-0.05, 0) is 121 Å². The molecule has 0 aromatic heterocycles. The van der Waals surface area contributed by atoms with Crippen LogP contribution in [-0.2, 0) is 25.7 Å². The number of carbonyl (C=O) groups is 5. The Kier molecular flexibility index (Phi) is 18.6. The predicted molar refractivity (Wildman–Crippen MR) is 240 cm³/mol. The lowest BCUT2D eigenvalue weighted by molar-refractivity contribution is -0.154. The molecule has 0 spiro atoms. The fraction of sp³-hybridized carbons (Fsp3) is 0.479. The van der Waals surface area contributed by atoms with Crippen molar-refractivity contribution in [2.45, 2.75) is 122 Å². The van der Waals surface area contributed by atoms with Gasteiger partial charge in [-0.1, -0.05) is 96.7 Å². The normalized spacial score (nSPS) is 19.8. The average Bonchev–Trinajstić information content (AvgIpc) is 3.74. The van der Waals surface area contributed by atoms with E-state index in [0.717, 1.165) is 53.3 Å². The molecule has 2 heterocycles. The number of aromatic carboxylic acids is 1. The lowest BCUT2D eigenvalue weighted by Gasteiger charge is -2.47. The predicted octanol–water partition coefficient (Wildman–Crippen LogP) is 8.68. The number of hydrogen-bond donors (Lipinski definition) is 5. The minimum Gasteiger partial charge on any atom is -0.478 e. The number of carboxylic acid groups (broad SMARTS) is 2. The number of rotatable bonds is 20. The third-order valence-corrected chi connectivity index (χ3v) is 12.6. The molecule has 3 aromatic rings. The standard InChI is InChI=1S/C32H38N2O7S.C16H26N2/c1-5-8-10-26-28(30(37)34(26)29(32(40)41)20(7-3)15-21(9-6-2)19(4)35)33-27(36)18-42-25-14-13-22-16-24(31(38)39)12-11-23(22)17-25;1-4-12(2)15-9-16(18-11-15)14-7-5-13(6-8-14)10-17-3/h11-17,26,28H,5-10,18H2,1-4H3,(H,33,36)(H,38,39)(H,40,41);5-8,12,15-18H,4,9-11H2,1-3H3/b21-15+,29-20+;/t;12?,15?,16-/m.1/s1. The molecule has 4 unspecified atom stereocenters. The van der Waals surface area contributed by atoms with Crippen molar-refractivity contribution in [3.8, 4) is 0 Å². The highest BCUT2D eigenvalue weighted by Gasteiger charge is 2.51. The number of thioether (sulfide) groups is 1. The van der Waals surface area contributed by atoms with Crippen molar-refractivity contribution in [1.82, 2.24) is 20.9 Å². The molecule has 2 amide bonds. The second-order valence-electron chi connectivity index (χ2n) is 15.9. The SMILES string of the molecule is CCC(C)C1CN[C@@H](c2ccc(CNC)cc2)C1.CCCCC1C(NC(=O)CSc2ccc3cc(C(=O)O)ccc3c2)C(=O)N1/C(C(=O)O)=C(/C=C(\CCC)C(C)=O)CC. The first-order valence-electron chi connectivity index (χ1n) is 21.4. The van der Waals surface area contributed by atoms with Gasteiger partial charge in [0.15, 0.2) is 5.78 Å². The van der Waals surface area contributed by atoms with Gasteiger partial charge < -0.3 is 26.2 Å². The van der Waals surface area contributed by atoms with Crippen LogP contribution in [0.15, 0.2) is 88.5 Å². The molecule has 2 aliphatic heterocycles. The highest BCUT2D eigenvalue weighted by molar-refractivity contribution is 8.00. The Hall–Kier alpha value is -4.78. The summed E-state index contributed by atoms with van der Waals surface area (Å²) >= 11 is 1.29. The van der Waals surface area contributed by atoms with E-state index in [9.17, 15) is 34.2 Å². The van der Waals surface area contributed by atoms with Crippen LogP contribution in [-0.4, -0.2) is 76.1 Å². The van der Waals surface area contributed by atoms with Gasteiger partial charge in [-0.15, -0.1) is 11.8 Å². The van der Waals surface area contributed by atoms with Crippen LogP contribution in [0.3, 0.4) is 0 Å². The molecule has 5 atom stereocenters. The van der Waals surface area contributed by atoms with Gasteiger partial charge in [-0.25, -0.2) is 9.59 Å². The fourth-order valence-electron chi connectivity index (χ4n) is 7.92. The number of β-lactam (4-membered cyclic amide) rings is 1. The third-order valence-electron chi connectivity index (χ3n) is 11.6. The van der Waals surface area contributed by atoms with Crippen LogP contribution in [0.4, 0.5) is 0 Å². The number of hydrogen-bond acceptors (Lipinski definition) is 8. The molecular weight excluding hydrogens is 777 g/mol. The summed E-state index contributed by atoms with van der Waals surface area (Å²) in [5.41, 5.74) is 3.79. The van der Waals surface area contributed by atoms with Crippen LogP contribution in [0.5, 0.6) is 0 Å². The van der Waals surface area contributed by atoms with Crippen LogP contribution in [0.2, 0.25) is 0 Å². The summed E-state index contributed by atoms with van der Waals surface area (Å²) in [6.45, 7) is 14.0. The van der Waals surface area contributed by atoms with E-state index in [4.69, 9.17) is 0 Å². The van der Waals surface area contributed by atoms with Gasteiger partial charge in [0.1, 0.15) is 11.7 Å². The zero-order chi connectivity index (χ0) is 43.9. The van der Waals surface area contributed by atoms with E-state index in [1.807, 2.05) is 33.0 Å². The molecule has 60 heavy (non-hydrogen) atoms. The first-order valence-corrected chi connectivity index (χ1v) is 22.4. The molecular formula is C48H64N4O7S. The highest BCUT2D eigenvalue weighted by atomic mass is 32.2. The maximum atomic E-state index is 13.4. The van der Waals surface area contributed by atoms with E-state index >= 15 is 0 Å².